The van der Waals surface area contributed by atoms with Crippen LogP contribution in [0.3, 0.4) is 0 Å². The second-order valence-corrected chi connectivity index (χ2v) is 4.03. The molecule has 0 spiro atoms. The molecule has 0 saturated heterocycles. The van der Waals surface area contributed by atoms with Gasteiger partial charge >= 0.3 is 0 Å². The maximum atomic E-state index is 12.1. The monoisotopic (exact) mass is 234 g/mol. The normalized spacial score (nSPS) is 10.3. The Morgan fingerprint density at radius 2 is 2.00 bits per heavy atom. The topological polar surface area (TPSA) is 32.3 Å². The molecular weight excluding hydrogens is 212 g/mol. The van der Waals surface area contributed by atoms with Gasteiger partial charge in [0.25, 0.3) is 0 Å². The molecule has 0 radical (unpaired) electrons. The molecule has 0 bridgehead atoms. The number of carbonyl (C=O) groups is 1. The number of benzene rings is 1. The standard InChI is InChI=1S/C14H22N2O/c1-4-15-11-10-14(17)16(5-2)13-9-7-6-8-12(13)3/h6-9,15H,4-5,10-11H2,1-3H3. The van der Waals surface area contributed by atoms with Crippen LogP contribution in [-0.2, 0) is 4.79 Å². The number of nitrogens with zero attached hydrogens (tertiary/aromatic N) is 1. The summed E-state index contributed by atoms with van der Waals surface area (Å²) in [5, 5.41) is 3.18. The van der Waals surface area contributed by atoms with Crippen LogP contribution in [0.2, 0.25) is 0 Å². The fourth-order valence-corrected chi connectivity index (χ4v) is 1.85. The zero-order valence-electron chi connectivity index (χ0n) is 11.0. The molecule has 0 aliphatic heterocycles. The summed E-state index contributed by atoms with van der Waals surface area (Å²) in [6.07, 6.45) is 0.552. The van der Waals surface area contributed by atoms with Crippen molar-refractivity contribution in [1.82, 2.24) is 5.32 Å². The van der Waals surface area contributed by atoms with Crippen molar-refractivity contribution in [2.45, 2.75) is 27.2 Å². The van der Waals surface area contributed by atoms with Crippen molar-refractivity contribution in [1.29, 1.82) is 0 Å². The van der Waals surface area contributed by atoms with Gasteiger partial charge in [-0.25, -0.2) is 0 Å². The van der Waals surface area contributed by atoms with Crippen LogP contribution < -0.4 is 10.2 Å². The Morgan fingerprint density at radius 1 is 1.29 bits per heavy atom. The predicted molar refractivity (Wildman–Crippen MR) is 72.4 cm³/mol. The average Bonchev–Trinajstić information content (AvgIpc) is 2.33. The predicted octanol–water partition coefficient (Wildman–Crippen LogP) is 2.35. The second-order valence-electron chi connectivity index (χ2n) is 4.03. The molecule has 1 aromatic rings. The number of hydrogen-bond acceptors (Lipinski definition) is 2. The highest BCUT2D eigenvalue weighted by Gasteiger charge is 2.14. The molecule has 0 fully saturated rings. The lowest BCUT2D eigenvalue weighted by molar-refractivity contribution is -0.118. The van der Waals surface area contributed by atoms with Crippen molar-refractivity contribution in [2.24, 2.45) is 0 Å². The zero-order valence-corrected chi connectivity index (χ0v) is 11.0. The van der Waals surface area contributed by atoms with Crippen molar-refractivity contribution >= 4 is 11.6 Å². The van der Waals surface area contributed by atoms with Gasteiger partial charge in [0.05, 0.1) is 0 Å². The number of para-hydroxylation sites is 1. The van der Waals surface area contributed by atoms with Gasteiger partial charge in [0.15, 0.2) is 0 Å². The molecule has 0 aliphatic carbocycles. The highest BCUT2D eigenvalue weighted by atomic mass is 16.2. The van der Waals surface area contributed by atoms with Gasteiger partial charge in [0.2, 0.25) is 5.91 Å². The molecule has 1 N–H and O–H groups in total. The van der Waals surface area contributed by atoms with Crippen LogP contribution in [0, 0.1) is 6.92 Å². The quantitative estimate of drug-likeness (QED) is 0.766. The Bertz CT molecular complexity index is 363. The van der Waals surface area contributed by atoms with Crippen LogP contribution in [0.1, 0.15) is 25.8 Å². The second kappa shape index (κ2) is 7.07. The van der Waals surface area contributed by atoms with Crippen molar-refractivity contribution in [3.05, 3.63) is 29.8 Å². The third-order valence-electron chi connectivity index (χ3n) is 2.79. The van der Waals surface area contributed by atoms with Crippen LogP contribution >= 0.6 is 0 Å². The van der Waals surface area contributed by atoms with Gasteiger partial charge in [-0.15, -0.1) is 0 Å². The third kappa shape index (κ3) is 3.86. The third-order valence-corrected chi connectivity index (χ3v) is 2.79. The molecule has 0 aromatic heterocycles. The summed E-state index contributed by atoms with van der Waals surface area (Å²) in [7, 11) is 0. The van der Waals surface area contributed by atoms with E-state index in [1.807, 2.05) is 49.9 Å². The minimum absolute atomic E-state index is 0.183. The van der Waals surface area contributed by atoms with E-state index in [4.69, 9.17) is 0 Å². The van der Waals surface area contributed by atoms with E-state index in [0.29, 0.717) is 6.42 Å². The molecule has 94 valence electrons. The lowest BCUT2D eigenvalue weighted by Crippen LogP contribution is -2.33. The highest BCUT2D eigenvalue weighted by Crippen LogP contribution is 2.19. The number of nitrogens with one attached hydrogen (secondary N) is 1. The Labute approximate surface area is 104 Å². The molecule has 0 aliphatic rings. The van der Waals surface area contributed by atoms with Crippen LogP contribution in [0.4, 0.5) is 5.69 Å². The summed E-state index contributed by atoms with van der Waals surface area (Å²) >= 11 is 0. The Hall–Kier alpha value is -1.35. The fraction of sp³-hybridized carbons (Fsp3) is 0.500. The smallest absolute Gasteiger partial charge is 0.228 e. The molecule has 17 heavy (non-hydrogen) atoms. The van der Waals surface area contributed by atoms with Gasteiger partial charge < -0.3 is 10.2 Å². The maximum absolute atomic E-state index is 12.1. The Morgan fingerprint density at radius 3 is 2.59 bits per heavy atom. The van der Waals surface area contributed by atoms with Crippen LogP contribution in [-0.4, -0.2) is 25.5 Å². The van der Waals surface area contributed by atoms with Crippen LogP contribution in [0.5, 0.6) is 0 Å². The first-order valence-corrected chi connectivity index (χ1v) is 6.27. The molecule has 0 atom stereocenters. The summed E-state index contributed by atoms with van der Waals surface area (Å²) in [4.78, 5) is 13.9. The van der Waals surface area contributed by atoms with Crippen molar-refractivity contribution < 1.29 is 4.79 Å². The van der Waals surface area contributed by atoms with Gasteiger partial charge in [0.1, 0.15) is 0 Å². The first kappa shape index (κ1) is 13.7. The number of rotatable bonds is 6. The summed E-state index contributed by atoms with van der Waals surface area (Å²) in [5.74, 6) is 0.183. The SMILES string of the molecule is CCNCCC(=O)N(CC)c1ccccc1C. The van der Waals surface area contributed by atoms with Crippen LogP contribution in [0.15, 0.2) is 24.3 Å². The van der Waals surface area contributed by atoms with Crippen molar-refractivity contribution in [2.75, 3.05) is 24.5 Å². The van der Waals surface area contributed by atoms with E-state index in [9.17, 15) is 4.79 Å². The van der Waals surface area contributed by atoms with Crippen molar-refractivity contribution in [3.63, 3.8) is 0 Å². The summed E-state index contributed by atoms with van der Waals surface area (Å²) in [6.45, 7) is 8.47. The number of anilines is 1. The molecule has 0 unspecified atom stereocenters. The van der Waals surface area contributed by atoms with Crippen LogP contribution in [0.25, 0.3) is 0 Å². The van der Waals surface area contributed by atoms with E-state index in [1.54, 1.807) is 0 Å². The van der Waals surface area contributed by atoms with E-state index >= 15 is 0 Å². The van der Waals surface area contributed by atoms with E-state index in [0.717, 1.165) is 30.9 Å². The highest BCUT2D eigenvalue weighted by molar-refractivity contribution is 5.94. The van der Waals surface area contributed by atoms with Gasteiger partial charge in [0, 0.05) is 25.2 Å². The first-order chi connectivity index (χ1) is 8.20. The number of amides is 1. The molecular formula is C14H22N2O. The van der Waals surface area contributed by atoms with E-state index < -0.39 is 0 Å². The van der Waals surface area contributed by atoms with Gasteiger partial charge in [-0.05, 0) is 32.0 Å². The average molecular weight is 234 g/mol. The molecule has 3 heteroatoms. The first-order valence-electron chi connectivity index (χ1n) is 6.27. The van der Waals surface area contributed by atoms with Gasteiger partial charge in [-0.3, -0.25) is 4.79 Å². The molecule has 1 amide bonds. The van der Waals surface area contributed by atoms with E-state index in [1.165, 1.54) is 0 Å². The fourth-order valence-electron chi connectivity index (χ4n) is 1.85. The minimum Gasteiger partial charge on any atom is -0.316 e. The Kier molecular flexibility index (Phi) is 5.70. The van der Waals surface area contributed by atoms with E-state index in [-0.39, 0.29) is 5.91 Å². The molecule has 0 heterocycles. The summed E-state index contributed by atoms with van der Waals surface area (Å²) in [6, 6.07) is 8.01. The number of hydrogen-bond donors (Lipinski definition) is 1. The molecule has 3 nitrogen and oxygen atoms in total. The van der Waals surface area contributed by atoms with Gasteiger partial charge in [-0.1, -0.05) is 25.1 Å². The van der Waals surface area contributed by atoms with Crippen molar-refractivity contribution in [3.8, 4) is 0 Å². The van der Waals surface area contributed by atoms with Gasteiger partial charge in [-0.2, -0.15) is 0 Å². The number of aryl methyl sites for hydroxylation is 1. The minimum atomic E-state index is 0.183. The number of carbonyl (C=O) groups excluding carboxylic acids is 1. The molecule has 0 saturated carbocycles. The molecule has 1 aromatic carbocycles. The summed E-state index contributed by atoms with van der Waals surface area (Å²) in [5.41, 5.74) is 2.17. The largest absolute Gasteiger partial charge is 0.316 e. The summed E-state index contributed by atoms with van der Waals surface area (Å²) < 4.78 is 0. The Balaban J connectivity index is 2.71. The zero-order chi connectivity index (χ0) is 12.7. The van der Waals surface area contributed by atoms with E-state index in [2.05, 4.69) is 5.32 Å². The lowest BCUT2D eigenvalue weighted by Gasteiger charge is -2.23. The maximum Gasteiger partial charge on any atom is 0.228 e. The lowest BCUT2D eigenvalue weighted by atomic mass is 10.1. The molecule has 1 rings (SSSR count).